The van der Waals surface area contributed by atoms with Gasteiger partial charge in [-0.3, -0.25) is 9.10 Å². The average Bonchev–Trinajstić information content (AvgIpc) is 3.39. The number of amides is 1. The van der Waals surface area contributed by atoms with E-state index in [0.717, 1.165) is 28.6 Å². The van der Waals surface area contributed by atoms with Gasteiger partial charge in [-0.2, -0.15) is 0 Å². The summed E-state index contributed by atoms with van der Waals surface area (Å²) >= 11 is 0. The second kappa shape index (κ2) is 10.8. The number of ether oxygens (including phenoxy) is 1. The topological polar surface area (TPSA) is 79.0 Å². The van der Waals surface area contributed by atoms with E-state index in [4.69, 9.17) is 4.74 Å². The first-order chi connectivity index (χ1) is 16.9. The molecule has 1 fully saturated rings. The SMILES string of the molecule is CCOc1ccc(N(CC(=O)Nc2ccc(N3CCCC3)cc2)S(=O)(=O)c2ccc(C)cc2)cc1. The molecule has 7 nitrogen and oxygen atoms in total. The van der Waals surface area contributed by atoms with Crippen molar-refractivity contribution in [2.75, 3.05) is 40.8 Å². The normalized spacial score (nSPS) is 13.5. The van der Waals surface area contributed by atoms with Gasteiger partial charge in [0.1, 0.15) is 12.3 Å². The molecule has 1 amide bonds. The Morgan fingerprint density at radius 2 is 1.57 bits per heavy atom. The fraction of sp³-hybridized carbons (Fsp3) is 0.296. The van der Waals surface area contributed by atoms with E-state index in [1.165, 1.54) is 12.8 Å². The predicted octanol–water partition coefficient (Wildman–Crippen LogP) is 4.83. The first-order valence-electron chi connectivity index (χ1n) is 11.8. The van der Waals surface area contributed by atoms with Gasteiger partial charge < -0.3 is 15.0 Å². The molecule has 0 unspecified atom stereocenters. The van der Waals surface area contributed by atoms with E-state index in [0.29, 0.717) is 23.7 Å². The lowest BCUT2D eigenvalue weighted by Crippen LogP contribution is -2.38. The quantitative estimate of drug-likeness (QED) is 0.462. The molecule has 8 heteroatoms. The number of hydrogen-bond donors (Lipinski definition) is 1. The van der Waals surface area contributed by atoms with Crippen LogP contribution < -0.4 is 19.3 Å². The van der Waals surface area contributed by atoms with Crippen LogP contribution in [0.1, 0.15) is 25.3 Å². The molecule has 1 saturated heterocycles. The summed E-state index contributed by atoms with van der Waals surface area (Å²) < 4.78 is 33.7. The van der Waals surface area contributed by atoms with Gasteiger partial charge in [0.15, 0.2) is 0 Å². The second-order valence-electron chi connectivity index (χ2n) is 8.54. The summed E-state index contributed by atoms with van der Waals surface area (Å²) in [4.78, 5) is 15.4. The van der Waals surface area contributed by atoms with Crippen LogP contribution in [0.2, 0.25) is 0 Å². The Balaban J connectivity index is 1.55. The number of anilines is 3. The molecular formula is C27H31N3O4S. The van der Waals surface area contributed by atoms with Gasteiger partial charge in [-0.25, -0.2) is 8.42 Å². The zero-order chi connectivity index (χ0) is 24.8. The highest BCUT2D eigenvalue weighted by molar-refractivity contribution is 7.92. The van der Waals surface area contributed by atoms with Crippen LogP contribution in [0.4, 0.5) is 17.1 Å². The third-order valence-electron chi connectivity index (χ3n) is 5.95. The van der Waals surface area contributed by atoms with Gasteiger partial charge >= 0.3 is 0 Å². The van der Waals surface area contributed by atoms with E-state index < -0.39 is 15.9 Å². The monoisotopic (exact) mass is 493 g/mol. The molecule has 3 aromatic carbocycles. The van der Waals surface area contributed by atoms with Gasteiger partial charge in [-0.05, 0) is 87.4 Å². The Labute approximate surface area is 207 Å². The van der Waals surface area contributed by atoms with Gasteiger partial charge in [0.25, 0.3) is 10.0 Å². The molecule has 0 saturated carbocycles. The minimum absolute atomic E-state index is 0.125. The second-order valence-corrected chi connectivity index (χ2v) is 10.4. The van der Waals surface area contributed by atoms with Crippen molar-refractivity contribution in [3.05, 3.63) is 78.4 Å². The Hall–Kier alpha value is -3.52. The maximum absolute atomic E-state index is 13.5. The first kappa shape index (κ1) is 24.6. The summed E-state index contributed by atoms with van der Waals surface area (Å²) in [6.45, 7) is 5.99. The van der Waals surface area contributed by atoms with Crippen molar-refractivity contribution in [2.45, 2.75) is 31.6 Å². The maximum atomic E-state index is 13.5. The standard InChI is InChI=1S/C27H31N3O4S/c1-3-34-25-14-12-24(13-15-25)30(35(32,33)26-16-6-21(2)7-17-26)20-27(31)28-22-8-10-23(11-9-22)29-18-4-5-19-29/h6-17H,3-5,18-20H2,1-2H3,(H,28,31). The molecule has 0 radical (unpaired) electrons. The summed E-state index contributed by atoms with van der Waals surface area (Å²) in [5, 5.41) is 2.84. The van der Waals surface area contributed by atoms with Gasteiger partial charge in [0.05, 0.1) is 17.2 Å². The minimum Gasteiger partial charge on any atom is -0.494 e. The zero-order valence-electron chi connectivity index (χ0n) is 20.1. The van der Waals surface area contributed by atoms with Crippen molar-refractivity contribution in [2.24, 2.45) is 0 Å². The lowest BCUT2D eigenvalue weighted by Gasteiger charge is -2.24. The highest BCUT2D eigenvalue weighted by atomic mass is 32.2. The van der Waals surface area contributed by atoms with E-state index in [1.807, 2.05) is 38.1 Å². The largest absolute Gasteiger partial charge is 0.494 e. The molecule has 3 aromatic rings. The smallest absolute Gasteiger partial charge is 0.264 e. The van der Waals surface area contributed by atoms with Crippen LogP contribution in [0.15, 0.2) is 77.7 Å². The van der Waals surface area contributed by atoms with Crippen LogP contribution in [0.5, 0.6) is 5.75 Å². The number of nitrogens with one attached hydrogen (secondary N) is 1. The van der Waals surface area contributed by atoms with E-state index in [2.05, 4.69) is 10.2 Å². The van der Waals surface area contributed by atoms with Crippen molar-refractivity contribution in [1.82, 2.24) is 0 Å². The predicted molar refractivity (Wildman–Crippen MR) is 140 cm³/mol. The zero-order valence-corrected chi connectivity index (χ0v) is 20.9. The molecule has 1 heterocycles. The minimum atomic E-state index is -3.98. The highest BCUT2D eigenvalue weighted by Gasteiger charge is 2.27. The van der Waals surface area contributed by atoms with Gasteiger partial charge in [-0.15, -0.1) is 0 Å². The van der Waals surface area contributed by atoms with Gasteiger partial charge in [-0.1, -0.05) is 17.7 Å². The molecule has 0 aliphatic carbocycles. The Bertz CT molecular complexity index is 1240. The lowest BCUT2D eigenvalue weighted by molar-refractivity contribution is -0.114. The van der Waals surface area contributed by atoms with Crippen LogP contribution in [0, 0.1) is 6.92 Å². The maximum Gasteiger partial charge on any atom is 0.264 e. The molecule has 35 heavy (non-hydrogen) atoms. The van der Waals surface area contributed by atoms with Crippen LogP contribution in [-0.2, 0) is 14.8 Å². The van der Waals surface area contributed by atoms with Crippen molar-refractivity contribution in [1.29, 1.82) is 0 Å². The number of sulfonamides is 1. The number of hydrogen-bond acceptors (Lipinski definition) is 5. The van der Waals surface area contributed by atoms with Crippen molar-refractivity contribution < 1.29 is 17.9 Å². The van der Waals surface area contributed by atoms with Crippen LogP contribution in [0.25, 0.3) is 0 Å². The fourth-order valence-electron chi connectivity index (χ4n) is 4.09. The number of carbonyl (C=O) groups excluding carboxylic acids is 1. The van der Waals surface area contributed by atoms with Crippen LogP contribution in [0.3, 0.4) is 0 Å². The lowest BCUT2D eigenvalue weighted by atomic mass is 10.2. The van der Waals surface area contributed by atoms with E-state index in [9.17, 15) is 13.2 Å². The molecule has 0 atom stereocenters. The fourth-order valence-corrected chi connectivity index (χ4v) is 5.51. The molecule has 0 aromatic heterocycles. The third kappa shape index (κ3) is 5.95. The molecule has 4 rings (SSSR count). The van der Waals surface area contributed by atoms with Crippen LogP contribution in [-0.4, -0.2) is 40.6 Å². The summed E-state index contributed by atoms with van der Waals surface area (Å²) in [7, 11) is -3.98. The molecule has 0 spiro atoms. The van der Waals surface area contributed by atoms with Crippen molar-refractivity contribution >= 4 is 33.0 Å². The van der Waals surface area contributed by atoms with Gasteiger partial charge in [0.2, 0.25) is 5.91 Å². The highest BCUT2D eigenvalue weighted by Crippen LogP contribution is 2.27. The number of nitrogens with zero attached hydrogens (tertiary/aromatic N) is 2. The van der Waals surface area contributed by atoms with E-state index >= 15 is 0 Å². The Morgan fingerprint density at radius 3 is 2.17 bits per heavy atom. The summed E-state index contributed by atoms with van der Waals surface area (Å²) in [5.41, 5.74) is 3.08. The summed E-state index contributed by atoms with van der Waals surface area (Å²) in [5.74, 6) is 0.204. The molecular weight excluding hydrogens is 462 g/mol. The number of aryl methyl sites for hydroxylation is 1. The van der Waals surface area contributed by atoms with E-state index in [1.54, 1.807) is 48.5 Å². The Kier molecular flexibility index (Phi) is 7.60. The van der Waals surface area contributed by atoms with Crippen LogP contribution >= 0.6 is 0 Å². The van der Waals surface area contributed by atoms with E-state index in [-0.39, 0.29) is 11.4 Å². The van der Waals surface area contributed by atoms with Crippen molar-refractivity contribution in [3.8, 4) is 5.75 Å². The van der Waals surface area contributed by atoms with Gasteiger partial charge in [0, 0.05) is 24.5 Å². The average molecular weight is 494 g/mol. The summed E-state index contributed by atoms with van der Waals surface area (Å²) in [6, 6.07) is 20.9. The number of rotatable bonds is 9. The number of carbonyl (C=O) groups is 1. The summed E-state index contributed by atoms with van der Waals surface area (Å²) in [6.07, 6.45) is 2.38. The first-order valence-corrected chi connectivity index (χ1v) is 13.3. The molecule has 1 N–H and O–H groups in total. The molecule has 0 bridgehead atoms. The number of benzene rings is 3. The molecule has 1 aliphatic heterocycles. The third-order valence-corrected chi connectivity index (χ3v) is 7.74. The molecule has 1 aliphatic rings. The Morgan fingerprint density at radius 1 is 0.943 bits per heavy atom. The molecule has 184 valence electrons. The van der Waals surface area contributed by atoms with Crippen molar-refractivity contribution in [3.63, 3.8) is 0 Å².